The van der Waals surface area contributed by atoms with Crippen LogP contribution in [0.5, 0.6) is 11.5 Å². The molecule has 0 unspecified atom stereocenters. The van der Waals surface area contributed by atoms with Gasteiger partial charge in [0.15, 0.2) is 11.5 Å². The van der Waals surface area contributed by atoms with Crippen molar-refractivity contribution >= 4 is 17.5 Å². The molecule has 134 valence electrons. The monoisotopic (exact) mass is 355 g/mol. The second kappa shape index (κ2) is 8.04. The first kappa shape index (κ1) is 18.1. The van der Waals surface area contributed by atoms with Gasteiger partial charge in [-0.2, -0.15) is 13.8 Å². The lowest BCUT2D eigenvalue weighted by Gasteiger charge is -2.13. The quantitative estimate of drug-likeness (QED) is 0.547. The van der Waals surface area contributed by atoms with Gasteiger partial charge in [0.2, 0.25) is 11.8 Å². The summed E-state index contributed by atoms with van der Waals surface area (Å²) < 4.78 is 34.4. The number of aromatic nitrogens is 2. The molecule has 3 N–H and O–H groups in total. The van der Waals surface area contributed by atoms with E-state index >= 15 is 0 Å². The Balaban J connectivity index is 2.11. The summed E-state index contributed by atoms with van der Waals surface area (Å²) in [5.41, 5.74) is 5.76. The Morgan fingerprint density at radius 1 is 1.40 bits per heavy atom. The molecule has 0 atom stereocenters. The van der Waals surface area contributed by atoms with E-state index in [1.54, 1.807) is 13.0 Å². The van der Waals surface area contributed by atoms with Gasteiger partial charge in [0.25, 0.3) is 0 Å². The largest absolute Gasteiger partial charge is 0.490 e. The number of nitro groups is 1. The lowest BCUT2D eigenvalue weighted by molar-refractivity contribution is -0.384. The average Bonchev–Trinajstić information content (AvgIpc) is 2.54. The number of hydrogen-bond acceptors (Lipinski definition) is 8. The zero-order chi connectivity index (χ0) is 18.4. The second-order valence-electron chi connectivity index (χ2n) is 4.67. The molecule has 2 aromatic rings. The molecule has 0 aliphatic rings. The van der Waals surface area contributed by atoms with Gasteiger partial charge < -0.3 is 20.5 Å². The van der Waals surface area contributed by atoms with Crippen molar-refractivity contribution in [2.75, 3.05) is 17.7 Å². The molecular formula is C14H15F2N5O4. The van der Waals surface area contributed by atoms with Gasteiger partial charge in [-0.05, 0) is 24.6 Å². The molecule has 0 aliphatic carbocycles. The Morgan fingerprint density at radius 3 is 2.76 bits per heavy atom. The highest BCUT2D eigenvalue weighted by Gasteiger charge is 2.15. The minimum atomic E-state index is -2.96. The summed E-state index contributed by atoms with van der Waals surface area (Å²) in [5, 5.41) is 13.5. The van der Waals surface area contributed by atoms with Gasteiger partial charge >= 0.3 is 12.3 Å². The standard InChI is InChI=1S/C14H15F2N5O4/c1-2-24-11-5-8(3-4-10(11)25-13(15)16)6-18-14-19-7-9(21(22)23)12(17)20-14/h3-5,7,13H,2,6H2,1H3,(H3,17,18,19,20). The maximum atomic E-state index is 12.4. The number of ether oxygens (including phenoxy) is 2. The molecule has 0 saturated carbocycles. The van der Waals surface area contributed by atoms with Crippen LogP contribution >= 0.6 is 0 Å². The summed E-state index contributed by atoms with van der Waals surface area (Å²) in [6.45, 7) is -0.755. The Morgan fingerprint density at radius 2 is 2.16 bits per heavy atom. The third kappa shape index (κ3) is 4.86. The number of benzene rings is 1. The number of alkyl halides is 2. The smallest absolute Gasteiger partial charge is 0.387 e. The molecule has 11 heteroatoms. The summed E-state index contributed by atoms with van der Waals surface area (Å²) >= 11 is 0. The maximum absolute atomic E-state index is 12.4. The van der Waals surface area contributed by atoms with Crippen molar-refractivity contribution in [3.8, 4) is 11.5 Å². The van der Waals surface area contributed by atoms with Gasteiger partial charge in [0, 0.05) is 6.54 Å². The van der Waals surface area contributed by atoms with Crippen molar-refractivity contribution in [1.82, 2.24) is 9.97 Å². The third-order valence-electron chi connectivity index (χ3n) is 2.97. The Hall–Kier alpha value is -3.24. The lowest BCUT2D eigenvalue weighted by atomic mass is 10.2. The Bertz CT molecular complexity index is 760. The topological polar surface area (TPSA) is 125 Å². The molecule has 9 nitrogen and oxygen atoms in total. The highest BCUT2D eigenvalue weighted by atomic mass is 19.3. The zero-order valence-electron chi connectivity index (χ0n) is 13.1. The van der Waals surface area contributed by atoms with E-state index in [1.807, 2.05) is 0 Å². The summed E-state index contributed by atoms with van der Waals surface area (Å²) in [7, 11) is 0. The molecule has 25 heavy (non-hydrogen) atoms. The van der Waals surface area contributed by atoms with E-state index in [0.717, 1.165) is 6.20 Å². The van der Waals surface area contributed by atoms with Crippen molar-refractivity contribution < 1.29 is 23.2 Å². The highest BCUT2D eigenvalue weighted by Crippen LogP contribution is 2.30. The molecule has 0 radical (unpaired) electrons. The summed E-state index contributed by atoms with van der Waals surface area (Å²) in [4.78, 5) is 17.6. The number of nitrogens with zero attached hydrogens (tertiary/aromatic N) is 3. The first-order valence-corrected chi connectivity index (χ1v) is 7.12. The number of nitrogen functional groups attached to an aromatic ring is 1. The van der Waals surface area contributed by atoms with E-state index in [1.165, 1.54) is 12.1 Å². The number of anilines is 2. The Kier molecular flexibility index (Phi) is 5.82. The SMILES string of the molecule is CCOc1cc(CNc2ncc([N+](=O)[O-])c(N)n2)ccc1OC(F)F. The Labute approximate surface area is 140 Å². The second-order valence-corrected chi connectivity index (χ2v) is 4.67. The van der Waals surface area contributed by atoms with Crippen molar-refractivity contribution in [2.24, 2.45) is 0 Å². The third-order valence-corrected chi connectivity index (χ3v) is 2.97. The molecule has 0 fully saturated rings. The van der Waals surface area contributed by atoms with Crippen molar-refractivity contribution in [3.05, 3.63) is 40.1 Å². The maximum Gasteiger partial charge on any atom is 0.387 e. The molecular weight excluding hydrogens is 340 g/mol. The molecule has 0 bridgehead atoms. The van der Waals surface area contributed by atoms with Crippen molar-refractivity contribution in [3.63, 3.8) is 0 Å². The van der Waals surface area contributed by atoms with Gasteiger partial charge in [0.1, 0.15) is 6.20 Å². The van der Waals surface area contributed by atoms with E-state index in [4.69, 9.17) is 10.5 Å². The normalized spacial score (nSPS) is 10.6. The van der Waals surface area contributed by atoms with Crippen LogP contribution < -0.4 is 20.5 Å². The van der Waals surface area contributed by atoms with Gasteiger partial charge in [-0.3, -0.25) is 10.1 Å². The molecule has 1 aromatic carbocycles. The molecule has 1 heterocycles. The van der Waals surface area contributed by atoms with E-state index in [-0.39, 0.29) is 36.4 Å². The fourth-order valence-electron chi connectivity index (χ4n) is 1.92. The van der Waals surface area contributed by atoms with E-state index < -0.39 is 17.2 Å². The van der Waals surface area contributed by atoms with Gasteiger partial charge in [0.05, 0.1) is 11.5 Å². The van der Waals surface area contributed by atoms with Crippen LogP contribution in [0.25, 0.3) is 0 Å². The molecule has 0 amide bonds. The summed E-state index contributed by atoms with van der Waals surface area (Å²) in [5.74, 6) is -0.0742. The van der Waals surface area contributed by atoms with Crippen molar-refractivity contribution in [1.29, 1.82) is 0 Å². The molecule has 0 saturated heterocycles. The fraction of sp³-hybridized carbons (Fsp3) is 0.286. The van der Waals surface area contributed by atoms with Gasteiger partial charge in [-0.15, -0.1) is 0 Å². The summed E-state index contributed by atoms with van der Waals surface area (Å²) in [6.07, 6.45) is 0.996. The summed E-state index contributed by atoms with van der Waals surface area (Å²) in [6, 6.07) is 4.45. The number of nitrogens with one attached hydrogen (secondary N) is 1. The average molecular weight is 355 g/mol. The molecule has 2 rings (SSSR count). The molecule has 1 aromatic heterocycles. The van der Waals surface area contributed by atoms with Crippen LogP contribution in [0.1, 0.15) is 12.5 Å². The van der Waals surface area contributed by atoms with Gasteiger partial charge in [-0.25, -0.2) is 4.98 Å². The van der Waals surface area contributed by atoms with Crippen LogP contribution in [0.4, 0.5) is 26.2 Å². The van der Waals surface area contributed by atoms with Crippen LogP contribution in [0.3, 0.4) is 0 Å². The van der Waals surface area contributed by atoms with Crippen LogP contribution in [-0.2, 0) is 6.54 Å². The van der Waals surface area contributed by atoms with Crippen molar-refractivity contribution in [2.45, 2.75) is 20.1 Å². The molecule has 0 aliphatic heterocycles. The number of halogens is 2. The zero-order valence-corrected chi connectivity index (χ0v) is 13.1. The highest BCUT2D eigenvalue weighted by molar-refractivity contribution is 5.53. The minimum absolute atomic E-state index is 0.0727. The number of hydrogen-bond donors (Lipinski definition) is 2. The van der Waals surface area contributed by atoms with Crippen LogP contribution in [0.2, 0.25) is 0 Å². The fourth-order valence-corrected chi connectivity index (χ4v) is 1.92. The molecule has 0 spiro atoms. The van der Waals surface area contributed by atoms with Crippen LogP contribution in [0, 0.1) is 10.1 Å². The number of nitrogens with two attached hydrogens (primary N) is 1. The van der Waals surface area contributed by atoms with E-state index in [0.29, 0.717) is 5.56 Å². The first-order chi connectivity index (χ1) is 11.9. The lowest BCUT2D eigenvalue weighted by Crippen LogP contribution is -2.08. The predicted octanol–water partition coefficient (Wildman–Crippen LogP) is 2.58. The van der Waals surface area contributed by atoms with Crippen LogP contribution in [-0.4, -0.2) is 28.1 Å². The van der Waals surface area contributed by atoms with E-state index in [9.17, 15) is 18.9 Å². The predicted molar refractivity (Wildman–Crippen MR) is 84.7 cm³/mol. The first-order valence-electron chi connectivity index (χ1n) is 7.12. The number of rotatable bonds is 8. The van der Waals surface area contributed by atoms with Crippen LogP contribution in [0.15, 0.2) is 24.4 Å². The van der Waals surface area contributed by atoms with Gasteiger partial charge in [-0.1, -0.05) is 6.07 Å². The minimum Gasteiger partial charge on any atom is -0.490 e. The van der Waals surface area contributed by atoms with E-state index in [2.05, 4.69) is 20.0 Å².